The van der Waals surface area contributed by atoms with Crippen molar-refractivity contribution in [1.29, 1.82) is 5.26 Å². The van der Waals surface area contributed by atoms with Gasteiger partial charge in [0.1, 0.15) is 17.4 Å². The van der Waals surface area contributed by atoms with Gasteiger partial charge in [0, 0.05) is 34.9 Å². The number of aryl methyl sites for hydroxylation is 1. The van der Waals surface area contributed by atoms with Gasteiger partial charge in [-0.1, -0.05) is 54.1 Å². The van der Waals surface area contributed by atoms with Crippen LogP contribution in [0.4, 0.5) is 5.69 Å². The largest absolute Gasteiger partial charge is 0.483 e. The molecule has 0 atom stereocenters. The van der Waals surface area contributed by atoms with Gasteiger partial charge in [-0.25, -0.2) is 0 Å². The summed E-state index contributed by atoms with van der Waals surface area (Å²) in [4.78, 5) is 28.2. The second-order valence-electron chi connectivity index (χ2n) is 8.28. The number of benzene rings is 3. The molecule has 0 unspecified atom stereocenters. The van der Waals surface area contributed by atoms with Crippen molar-refractivity contribution < 1.29 is 14.3 Å². The first-order chi connectivity index (χ1) is 17.5. The summed E-state index contributed by atoms with van der Waals surface area (Å²) < 4.78 is 5.69. The smallest absolute Gasteiger partial charge is 0.262 e. The molecule has 0 aliphatic heterocycles. The molecule has 0 saturated heterocycles. The highest BCUT2D eigenvalue weighted by Crippen LogP contribution is 2.22. The fourth-order valence-corrected chi connectivity index (χ4v) is 3.76. The van der Waals surface area contributed by atoms with Gasteiger partial charge < -0.3 is 20.4 Å². The summed E-state index contributed by atoms with van der Waals surface area (Å²) in [5, 5.41) is 16.3. The second-order valence-corrected chi connectivity index (χ2v) is 8.28. The summed E-state index contributed by atoms with van der Waals surface area (Å²) in [6.45, 7) is 2.15. The van der Waals surface area contributed by atoms with Crippen LogP contribution in [0.15, 0.2) is 84.6 Å². The number of anilines is 1. The summed E-state index contributed by atoms with van der Waals surface area (Å²) in [5.41, 5.74) is 4.40. The fraction of sp³-hybridized carbons (Fsp3) is 0.138. The maximum atomic E-state index is 12.7. The van der Waals surface area contributed by atoms with Gasteiger partial charge in [-0.3, -0.25) is 9.59 Å². The first-order valence-corrected chi connectivity index (χ1v) is 11.6. The lowest BCUT2D eigenvalue weighted by molar-refractivity contribution is -0.118. The Morgan fingerprint density at radius 2 is 1.78 bits per heavy atom. The predicted octanol–water partition coefficient (Wildman–Crippen LogP) is 4.76. The average Bonchev–Trinajstić information content (AvgIpc) is 3.31. The molecule has 7 nitrogen and oxygen atoms in total. The molecule has 0 saturated carbocycles. The van der Waals surface area contributed by atoms with Crippen molar-refractivity contribution in [2.24, 2.45) is 0 Å². The van der Waals surface area contributed by atoms with Crippen LogP contribution >= 0.6 is 0 Å². The Balaban J connectivity index is 1.36. The number of carbonyl (C=O) groups is 2. The lowest BCUT2D eigenvalue weighted by Crippen LogP contribution is -2.26. The number of carbonyl (C=O) groups excluding carboxylic acids is 2. The lowest BCUT2D eigenvalue weighted by Gasteiger charge is -2.10. The molecule has 3 aromatic carbocycles. The number of ether oxygens (including phenoxy) is 1. The van der Waals surface area contributed by atoms with Crippen LogP contribution < -0.4 is 15.4 Å². The molecule has 180 valence electrons. The molecule has 3 N–H and O–H groups in total. The van der Waals surface area contributed by atoms with Gasteiger partial charge in [0.15, 0.2) is 6.61 Å². The monoisotopic (exact) mass is 478 g/mol. The number of hydrogen-bond acceptors (Lipinski definition) is 4. The first-order valence-electron chi connectivity index (χ1n) is 11.6. The Bertz CT molecular complexity index is 1450. The Labute approximate surface area is 209 Å². The lowest BCUT2D eigenvalue weighted by atomic mass is 10.1. The quantitative estimate of drug-likeness (QED) is 0.238. The number of aromatic amines is 1. The van der Waals surface area contributed by atoms with Gasteiger partial charge in [-0.2, -0.15) is 5.26 Å². The molecular formula is C29H26N4O3. The molecule has 4 rings (SSSR count). The summed E-state index contributed by atoms with van der Waals surface area (Å²) in [6, 6.07) is 24.3. The van der Waals surface area contributed by atoms with E-state index in [1.807, 2.05) is 67.7 Å². The maximum absolute atomic E-state index is 12.7. The third-order valence-corrected chi connectivity index (χ3v) is 5.63. The number of amides is 2. The van der Waals surface area contributed by atoms with Gasteiger partial charge >= 0.3 is 0 Å². The van der Waals surface area contributed by atoms with Gasteiger partial charge in [0.05, 0.1) is 0 Å². The van der Waals surface area contributed by atoms with E-state index in [1.165, 1.54) is 6.08 Å². The fourth-order valence-electron chi connectivity index (χ4n) is 3.76. The highest BCUT2D eigenvalue weighted by molar-refractivity contribution is 6.02. The van der Waals surface area contributed by atoms with Crippen LogP contribution in [0.5, 0.6) is 5.75 Å². The first kappa shape index (κ1) is 24.3. The van der Waals surface area contributed by atoms with E-state index in [4.69, 9.17) is 4.74 Å². The molecule has 0 fully saturated rings. The third kappa shape index (κ3) is 6.19. The molecule has 2 amide bonds. The van der Waals surface area contributed by atoms with Crippen molar-refractivity contribution in [2.75, 3.05) is 18.5 Å². The number of fused-ring (bicyclic) bond motifs is 1. The zero-order valence-electron chi connectivity index (χ0n) is 19.9. The molecule has 7 heteroatoms. The Hall–Kier alpha value is -4.83. The van der Waals surface area contributed by atoms with Gasteiger partial charge in [0.25, 0.3) is 11.8 Å². The standard InChI is InChI=1S/C29H26N4O3/c1-20-10-12-24(13-11-20)33-28(34)19-36-27-9-5-2-6-21(27)16-23(17-30)29(35)31-15-14-22-18-32-26-8-4-3-7-25(22)26/h2-13,16,18,32H,14-15,19H2,1H3,(H,31,35)(H,33,34)/b23-16-. The van der Waals surface area contributed by atoms with Gasteiger partial charge in [-0.05, 0) is 49.2 Å². The van der Waals surface area contributed by atoms with Gasteiger partial charge in [-0.15, -0.1) is 0 Å². The summed E-state index contributed by atoms with van der Waals surface area (Å²) >= 11 is 0. The van der Waals surface area contributed by atoms with E-state index >= 15 is 0 Å². The van der Waals surface area contributed by atoms with Crippen molar-refractivity contribution in [3.8, 4) is 11.8 Å². The molecule has 0 bridgehead atoms. The van der Waals surface area contributed by atoms with Crippen molar-refractivity contribution in [2.45, 2.75) is 13.3 Å². The maximum Gasteiger partial charge on any atom is 0.262 e. The second kappa shape index (κ2) is 11.5. The molecular weight excluding hydrogens is 452 g/mol. The topological polar surface area (TPSA) is 107 Å². The zero-order chi connectivity index (χ0) is 25.3. The van der Waals surface area contributed by atoms with E-state index in [1.54, 1.807) is 24.3 Å². The van der Waals surface area contributed by atoms with Crippen LogP contribution in [0.2, 0.25) is 0 Å². The average molecular weight is 479 g/mol. The van der Waals surface area contributed by atoms with Crippen molar-refractivity contribution in [3.05, 3.63) is 101 Å². The number of nitrogens with one attached hydrogen (secondary N) is 3. The van der Waals surface area contributed by atoms with Crippen LogP contribution in [0.25, 0.3) is 17.0 Å². The molecule has 36 heavy (non-hydrogen) atoms. The Morgan fingerprint density at radius 1 is 1.03 bits per heavy atom. The molecule has 1 heterocycles. The summed E-state index contributed by atoms with van der Waals surface area (Å²) in [5.74, 6) is -0.381. The number of H-pyrrole nitrogens is 1. The van der Waals surface area contributed by atoms with Crippen LogP contribution in [0, 0.1) is 18.3 Å². The van der Waals surface area contributed by atoms with E-state index in [2.05, 4.69) is 15.6 Å². The van der Waals surface area contributed by atoms with Crippen LogP contribution in [0.1, 0.15) is 16.7 Å². The molecule has 0 aliphatic carbocycles. The number of para-hydroxylation sites is 2. The molecule has 0 aliphatic rings. The van der Waals surface area contributed by atoms with E-state index in [0.717, 1.165) is 22.0 Å². The predicted molar refractivity (Wildman–Crippen MR) is 140 cm³/mol. The van der Waals surface area contributed by atoms with E-state index < -0.39 is 5.91 Å². The number of rotatable bonds is 9. The van der Waals surface area contributed by atoms with Gasteiger partial charge in [0.2, 0.25) is 0 Å². The number of aromatic nitrogens is 1. The van der Waals surface area contributed by atoms with Crippen molar-refractivity contribution in [3.63, 3.8) is 0 Å². The molecule has 0 radical (unpaired) electrons. The number of hydrogen-bond donors (Lipinski definition) is 3. The minimum Gasteiger partial charge on any atom is -0.483 e. The molecule has 0 spiro atoms. The van der Waals surface area contributed by atoms with Crippen molar-refractivity contribution in [1.82, 2.24) is 10.3 Å². The van der Waals surface area contributed by atoms with E-state index in [0.29, 0.717) is 30.0 Å². The van der Waals surface area contributed by atoms with Crippen molar-refractivity contribution >= 4 is 34.5 Å². The third-order valence-electron chi connectivity index (χ3n) is 5.63. The molecule has 4 aromatic rings. The number of nitriles is 1. The number of nitrogens with zero attached hydrogens (tertiary/aromatic N) is 1. The van der Waals surface area contributed by atoms with Crippen LogP contribution in [0.3, 0.4) is 0 Å². The summed E-state index contributed by atoms with van der Waals surface area (Å²) in [7, 11) is 0. The minimum absolute atomic E-state index is 0.0471. The highest BCUT2D eigenvalue weighted by Gasteiger charge is 2.12. The molecule has 1 aromatic heterocycles. The van der Waals surface area contributed by atoms with Crippen LogP contribution in [-0.4, -0.2) is 29.9 Å². The summed E-state index contributed by atoms with van der Waals surface area (Å²) in [6.07, 6.45) is 4.03. The van der Waals surface area contributed by atoms with Crippen LogP contribution in [-0.2, 0) is 16.0 Å². The minimum atomic E-state index is -0.468. The highest BCUT2D eigenvalue weighted by atomic mass is 16.5. The SMILES string of the molecule is Cc1ccc(NC(=O)COc2ccccc2/C=C(/C#N)C(=O)NCCc2c[nH]c3ccccc23)cc1. The Morgan fingerprint density at radius 3 is 2.58 bits per heavy atom. The van der Waals surface area contributed by atoms with E-state index in [-0.39, 0.29) is 18.1 Å². The van der Waals surface area contributed by atoms with E-state index in [9.17, 15) is 14.9 Å². The Kier molecular flexibility index (Phi) is 7.79. The zero-order valence-corrected chi connectivity index (χ0v) is 19.9. The normalized spacial score (nSPS) is 11.1.